The summed E-state index contributed by atoms with van der Waals surface area (Å²) in [4.78, 5) is 16.8. The highest BCUT2D eigenvalue weighted by molar-refractivity contribution is 5.78. The monoisotopic (exact) mass is 331 g/mol. The minimum Gasteiger partial charge on any atom is -0.378 e. The van der Waals surface area contributed by atoms with E-state index in [2.05, 4.69) is 29.2 Å². The largest absolute Gasteiger partial charge is 0.378 e. The lowest BCUT2D eigenvalue weighted by Gasteiger charge is -2.30. The van der Waals surface area contributed by atoms with E-state index in [0.29, 0.717) is 6.54 Å². The van der Waals surface area contributed by atoms with Crippen LogP contribution in [-0.4, -0.2) is 50.2 Å². The van der Waals surface area contributed by atoms with Crippen LogP contribution < -0.4 is 10.6 Å². The highest BCUT2D eigenvalue weighted by Crippen LogP contribution is 2.25. The lowest BCUT2D eigenvalue weighted by Crippen LogP contribution is -2.38. The predicted molar refractivity (Wildman–Crippen MR) is 95.9 cm³/mol. The molecule has 1 aromatic rings. The molecule has 2 N–H and O–H groups in total. The van der Waals surface area contributed by atoms with Crippen LogP contribution in [0.25, 0.3) is 0 Å². The first-order valence-corrected chi connectivity index (χ1v) is 9.05. The van der Waals surface area contributed by atoms with E-state index in [9.17, 15) is 4.79 Å². The van der Waals surface area contributed by atoms with E-state index in [1.54, 1.807) is 0 Å². The van der Waals surface area contributed by atoms with Crippen LogP contribution in [0.5, 0.6) is 0 Å². The Morgan fingerprint density at radius 3 is 2.62 bits per heavy atom. The summed E-state index contributed by atoms with van der Waals surface area (Å²) in [5.41, 5.74) is 8.42. The zero-order chi connectivity index (χ0) is 16.9. The highest BCUT2D eigenvalue weighted by Gasteiger charge is 2.27. The van der Waals surface area contributed by atoms with Gasteiger partial charge in [-0.3, -0.25) is 4.79 Å². The van der Waals surface area contributed by atoms with Gasteiger partial charge < -0.3 is 20.3 Å². The molecule has 2 aliphatic rings. The van der Waals surface area contributed by atoms with Gasteiger partial charge in [0.25, 0.3) is 0 Å². The van der Waals surface area contributed by atoms with Crippen molar-refractivity contribution in [2.24, 2.45) is 11.7 Å². The third-order valence-electron chi connectivity index (χ3n) is 5.17. The molecule has 2 atom stereocenters. The standard InChI is InChI=1S/C19H29N3O2/c1-21(19(23)16-3-2-4-17(20)13-16)14-15-5-7-18(8-6-15)22-9-11-24-12-10-22/h5-8,16-17H,2-4,9-14,20H2,1H3/t16-,17-/m0/s1. The first kappa shape index (κ1) is 17.2. The number of hydrogen-bond acceptors (Lipinski definition) is 4. The Morgan fingerprint density at radius 1 is 1.25 bits per heavy atom. The summed E-state index contributed by atoms with van der Waals surface area (Å²) in [6.07, 6.45) is 3.93. The Labute approximate surface area is 144 Å². The van der Waals surface area contributed by atoms with E-state index >= 15 is 0 Å². The Bertz CT molecular complexity index is 540. The number of benzene rings is 1. The Hall–Kier alpha value is -1.59. The van der Waals surface area contributed by atoms with Crippen molar-refractivity contribution in [3.05, 3.63) is 29.8 Å². The van der Waals surface area contributed by atoms with Gasteiger partial charge in [-0.15, -0.1) is 0 Å². The van der Waals surface area contributed by atoms with Crippen LogP contribution in [0.15, 0.2) is 24.3 Å². The lowest BCUT2D eigenvalue weighted by molar-refractivity contribution is -0.135. The Morgan fingerprint density at radius 2 is 1.96 bits per heavy atom. The van der Waals surface area contributed by atoms with Crippen molar-refractivity contribution in [1.29, 1.82) is 0 Å². The molecule has 5 heteroatoms. The third kappa shape index (κ3) is 4.28. The lowest BCUT2D eigenvalue weighted by atomic mass is 9.85. The molecular weight excluding hydrogens is 302 g/mol. The summed E-state index contributed by atoms with van der Waals surface area (Å²) in [5.74, 6) is 0.341. The van der Waals surface area contributed by atoms with Crippen LogP contribution in [0.2, 0.25) is 0 Å². The number of morpholine rings is 1. The van der Waals surface area contributed by atoms with Gasteiger partial charge in [0.05, 0.1) is 13.2 Å². The summed E-state index contributed by atoms with van der Waals surface area (Å²) in [5, 5.41) is 0. The van der Waals surface area contributed by atoms with Crippen LogP contribution in [0.3, 0.4) is 0 Å². The summed E-state index contributed by atoms with van der Waals surface area (Å²) in [6.45, 7) is 4.14. The van der Waals surface area contributed by atoms with Crippen LogP contribution in [-0.2, 0) is 16.1 Å². The van der Waals surface area contributed by atoms with E-state index in [1.165, 1.54) is 11.3 Å². The van der Waals surface area contributed by atoms with E-state index in [4.69, 9.17) is 10.5 Å². The molecule has 5 nitrogen and oxygen atoms in total. The zero-order valence-electron chi connectivity index (χ0n) is 14.6. The molecule has 0 spiro atoms. The quantitative estimate of drug-likeness (QED) is 0.917. The molecule has 132 valence electrons. The van der Waals surface area contributed by atoms with Crippen LogP contribution >= 0.6 is 0 Å². The fraction of sp³-hybridized carbons (Fsp3) is 0.632. The number of anilines is 1. The number of nitrogens with zero attached hydrogens (tertiary/aromatic N) is 2. The van der Waals surface area contributed by atoms with Gasteiger partial charge in [0, 0.05) is 44.3 Å². The summed E-state index contributed by atoms with van der Waals surface area (Å²) >= 11 is 0. The average Bonchev–Trinajstić information content (AvgIpc) is 2.62. The first-order valence-electron chi connectivity index (χ1n) is 9.05. The molecule has 1 amide bonds. The van der Waals surface area contributed by atoms with Crippen LogP contribution in [0.1, 0.15) is 31.2 Å². The number of nitrogens with two attached hydrogens (primary N) is 1. The maximum atomic E-state index is 12.6. The van der Waals surface area contributed by atoms with Gasteiger partial charge in [-0.05, 0) is 37.0 Å². The SMILES string of the molecule is CN(Cc1ccc(N2CCOCC2)cc1)C(=O)[C@H]1CCC[C@H](N)C1. The van der Waals surface area contributed by atoms with Crippen molar-refractivity contribution >= 4 is 11.6 Å². The van der Waals surface area contributed by atoms with Crippen molar-refractivity contribution in [1.82, 2.24) is 4.90 Å². The van der Waals surface area contributed by atoms with E-state index in [1.807, 2.05) is 11.9 Å². The summed E-state index contributed by atoms with van der Waals surface area (Å²) in [7, 11) is 1.90. The number of rotatable bonds is 4. The van der Waals surface area contributed by atoms with Gasteiger partial charge in [0.15, 0.2) is 0 Å². The van der Waals surface area contributed by atoms with Gasteiger partial charge in [-0.2, -0.15) is 0 Å². The number of ether oxygens (including phenoxy) is 1. The second kappa shape index (κ2) is 7.99. The van der Waals surface area contributed by atoms with E-state index < -0.39 is 0 Å². The average molecular weight is 331 g/mol. The van der Waals surface area contributed by atoms with E-state index in [-0.39, 0.29) is 17.9 Å². The van der Waals surface area contributed by atoms with Gasteiger partial charge in [0.2, 0.25) is 5.91 Å². The number of carbonyl (C=O) groups is 1. The molecule has 1 saturated heterocycles. The van der Waals surface area contributed by atoms with Gasteiger partial charge >= 0.3 is 0 Å². The molecule has 1 aliphatic carbocycles. The van der Waals surface area contributed by atoms with Gasteiger partial charge in [0.1, 0.15) is 0 Å². The number of carbonyl (C=O) groups excluding carboxylic acids is 1. The second-order valence-corrected chi connectivity index (χ2v) is 7.08. The molecular formula is C19H29N3O2. The molecule has 1 aliphatic heterocycles. The summed E-state index contributed by atoms with van der Waals surface area (Å²) in [6, 6.07) is 8.74. The maximum absolute atomic E-state index is 12.6. The van der Waals surface area contributed by atoms with Crippen molar-refractivity contribution in [3.63, 3.8) is 0 Å². The molecule has 1 heterocycles. The number of amides is 1. The molecule has 1 saturated carbocycles. The Balaban J connectivity index is 1.55. The first-order chi connectivity index (χ1) is 11.6. The van der Waals surface area contributed by atoms with E-state index in [0.717, 1.165) is 52.0 Å². The smallest absolute Gasteiger partial charge is 0.225 e. The molecule has 24 heavy (non-hydrogen) atoms. The molecule has 0 radical (unpaired) electrons. The third-order valence-corrected chi connectivity index (χ3v) is 5.17. The topological polar surface area (TPSA) is 58.8 Å². The molecule has 0 aromatic heterocycles. The van der Waals surface area contributed by atoms with Gasteiger partial charge in [-0.25, -0.2) is 0 Å². The number of hydrogen-bond donors (Lipinski definition) is 1. The van der Waals surface area contributed by atoms with Crippen molar-refractivity contribution < 1.29 is 9.53 Å². The van der Waals surface area contributed by atoms with Crippen LogP contribution in [0, 0.1) is 5.92 Å². The zero-order valence-corrected chi connectivity index (χ0v) is 14.6. The fourth-order valence-electron chi connectivity index (χ4n) is 3.75. The van der Waals surface area contributed by atoms with Crippen LogP contribution in [0.4, 0.5) is 5.69 Å². The normalized spacial score (nSPS) is 24.7. The molecule has 0 unspecified atom stereocenters. The minimum absolute atomic E-state index is 0.103. The molecule has 0 bridgehead atoms. The fourth-order valence-corrected chi connectivity index (χ4v) is 3.75. The molecule has 2 fully saturated rings. The highest BCUT2D eigenvalue weighted by atomic mass is 16.5. The van der Waals surface area contributed by atoms with Gasteiger partial charge in [-0.1, -0.05) is 18.6 Å². The minimum atomic E-state index is 0.103. The molecule has 1 aromatic carbocycles. The molecule has 3 rings (SSSR count). The summed E-state index contributed by atoms with van der Waals surface area (Å²) < 4.78 is 5.39. The van der Waals surface area contributed by atoms with Crippen molar-refractivity contribution in [2.75, 3.05) is 38.3 Å². The Kier molecular flexibility index (Phi) is 5.74. The maximum Gasteiger partial charge on any atom is 0.225 e. The predicted octanol–water partition coefficient (Wildman–Crippen LogP) is 2.00. The van der Waals surface area contributed by atoms with Crippen molar-refractivity contribution in [3.8, 4) is 0 Å². The van der Waals surface area contributed by atoms with Crippen molar-refractivity contribution in [2.45, 2.75) is 38.3 Å². The second-order valence-electron chi connectivity index (χ2n) is 7.08.